The number of rotatable bonds is 6. The number of nitrogens with zero attached hydrogens (tertiary/aromatic N) is 1. The number of nitro benzene ring substituents is 1. The van der Waals surface area contributed by atoms with Gasteiger partial charge in [0.05, 0.1) is 11.5 Å². The first kappa shape index (κ1) is 21.2. The molecule has 0 radical (unpaired) electrons. The molecule has 1 atom stereocenters. The van der Waals surface area contributed by atoms with E-state index in [1.807, 2.05) is 30.3 Å². The van der Waals surface area contributed by atoms with Crippen LogP contribution >= 0.6 is 11.3 Å². The van der Waals surface area contributed by atoms with Gasteiger partial charge in [-0.25, -0.2) is 0 Å². The molecule has 30 heavy (non-hydrogen) atoms. The van der Waals surface area contributed by atoms with E-state index in [0.29, 0.717) is 11.3 Å². The number of aliphatic hydroxyl groups is 1. The number of aryl methyl sites for hydroxylation is 1. The summed E-state index contributed by atoms with van der Waals surface area (Å²) in [6.07, 6.45) is -0.755. The van der Waals surface area contributed by atoms with E-state index in [2.05, 4.69) is 10.6 Å². The van der Waals surface area contributed by atoms with Crippen molar-refractivity contribution in [1.82, 2.24) is 5.32 Å². The van der Waals surface area contributed by atoms with Crippen LogP contribution in [0.5, 0.6) is 0 Å². The van der Waals surface area contributed by atoms with E-state index in [0.717, 1.165) is 15.3 Å². The third-order valence-corrected chi connectivity index (χ3v) is 5.50. The lowest BCUT2D eigenvalue weighted by Crippen LogP contribution is -2.34. The Labute approximate surface area is 176 Å². The molecule has 0 saturated heterocycles. The molecule has 0 fully saturated rings. The maximum absolute atomic E-state index is 12.1. The minimum atomic E-state index is -0.868. The van der Waals surface area contributed by atoms with Crippen LogP contribution in [-0.2, 0) is 16.1 Å². The second-order valence-corrected chi connectivity index (χ2v) is 7.71. The number of aliphatic hydroxyl groups excluding tert-OH is 1. The predicted octanol–water partition coefficient (Wildman–Crippen LogP) is 3.30. The van der Waals surface area contributed by atoms with Crippen molar-refractivity contribution in [2.24, 2.45) is 0 Å². The fourth-order valence-electron chi connectivity index (χ4n) is 2.76. The normalized spacial score (nSPS) is 11.5. The summed E-state index contributed by atoms with van der Waals surface area (Å²) in [5, 5.41) is 26.2. The molecule has 9 heteroatoms. The minimum absolute atomic E-state index is 0.0962. The Morgan fingerprint density at radius 3 is 2.50 bits per heavy atom. The fraction of sp³-hybridized carbons (Fsp3) is 0.143. The number of nitrogens with one attached hydrogen (secondary N) is 2. The lowest BCUT2D eigenvalue weighted by molar-refractivity contribution is -0.384. The lowest BCUT2D eigenvalue weighted by atomic mass is 10.1. The predicted molar refractivity (Wildman–Crippen MR) is 113 cm³/mol. The zero-order valence-electron chi connectivity index (χ0n) is 16.0. The topological polar surface area (TPSA) is 122 Å². The Balaban J connectivity index is 1.56. The SMILES string of the molecule is Cc1cc([N+](=O)[O-])ccc1NC(=O)C(=O)NCc1ccc(C(O)c2ccccc2)s1. The van der Waals surface area contributed by atoms with Gasteiger partial charge in [-0.05, 0) is 36.2 Å². The van der Waals surface area contributed by atoms with E-state index >= 15 is 0 Å². The van der Waals surface area contributed by atoms with Gasteiger partial charge in [0, 0.05) is 27.6 Å². The Morgan fingerprint density at radius 1 is 1.10 bits per heavy atom. The van der Waals surface area contributed by atoms with Crippen LogP contribution in [0.3, 0.4) is 0 Å². The maximum Gasteiger partial charge on any atom is 0.313 e. The maximum atomic E-state index is 12.1. The minimum Gasteiger partial charge on any atom is -0.383 e. The molecule has 154 valence electrons. The Bertz CT molecular complexity index is 1080. The van der Waals surface area contributed by atoms with Crippen molar-refractivity contribution >= 4 is 34.5 Å². The number of benzene rings is 2. The molecule has 0 aliphatic carbocycles. The van der Waals surface area contributed by atoms with Gasteiger partial charge in [-0.2, -0.15) is 0 Å². The summed E-state index contributed by atoms with van der Waals surface area (Å²) < 4.78 is 0. The van der Waals surface area contributed by atoms with Gasteiger partial charge in [-0.3, -0.25) is 19.7 Å². The summed E-state index contributed by atoms with van der Waals surface area (Å²) in [5.74, 6) is -1.70. The van der Waals surface area contributed by atoms with Crippen LogP contribution in [0, 0.1) is 17.0 Å². The van der Waals surface area contributed by atoms with Crippen molar-refractivity contribution in [1.29, 1.82) is 0 Å². The highest BCUT2D eigenvalue weighted by atomic mass is 32.1. The Hall–Kier alpha value is -3.56. The molecule has 3 N–H and O–H groups in total. The van der Waals surface area contributed by atoms with E-state index in [1.54, 1.807) is 19.1 Å². The lowest BCUT2D eigenvalue weighted by Gasteiger charge is -2.09. The molecule has 3 rings (SSSR count). The van der Waals surface area contributed by atoms with E-state index < -0.39 is 22.8 Å². The molecule has 8 nitrogen and oxygen atoms in total. The van der Waals surface area contributed by atoms with E-state index in [1.165, 1.54) is 29.5 Å². The standard InChI is InChI=1S/C21H19N3O5S/c1-13-11-15(24(28)29)7-9-17(13)23-21(27)20(26)22-12-16-8-10-18(30-16)19(25)14-5-3-2-4-6-14/h2-11,19,25H,12H2,1H3,(H,22,26)(H,23,27). The zero-order chi connectivity index (χ0) is 21.7. The molecule has 0 saturated carbocycles. The largest absolute Gasteiger partial charge is 0.383 e. The van der Waals surface area contributed by atoms with Gasteiger partial charge in [0.15, 0.2) is 0 Å². The van der Waals surface area contributed by atoms with Crippen LogP contribution < -0.4 is 10.6 Å². The van der Waals surface area contributed by atoms with E-state index in [4.69, 9.17) is 0 Å². The molecule has 0 aliphatic rings. The molecular formula is C21H19N3O5S. The Morgan fingerprint density at radius 2 is 1.83 bits per heavy atom. The summed E-state index contributed by atoms with van der Waals surface area (Å²) in [4.78, 5) is 36.0. The average Bonchev–Trinajstić information content (AvgIpc) is 3.22. The molecule has 1 aromatic heterocycles. The highest BCUT2D eigenvalue weighted by Crippen LogP contribution is 2.28. The molecule has 2 amide bonds. The van der Waals surface area contributed by atoms with Gasteiger partial charge in [0.2, 0.25) is 0 Å². The fourth-order valence-corrected chi connectivity index (χ4v) is 3.73. The van der Waals surface area contributed by atoms with Gasteiger partial charge < -0.3 is 15.7 Å². The number of amides is 2. The molecule has 3 aromatic rings. The molecule has 1 unspecified atom stereocenters. The van der Waals surface area contributed by atoms with Crippen molar-refractivity contribution in [3.05, 3.63) is 91.7 Å². The number of hydrogen-bond acceptors (Lipinski definition) is 6. The quantitative estimate of drug-likeness (QED) is 0.318. The smallest absolute Gasteiger partial charge is 0.313 e. The van der Waals surface area contributed by atoms with Crippen LogP contribution in [0.2, 0.25) is 0 Å². The Kier molecular flexibility index (Phi) is 6.55. The molecule has 0 aliphatic heterocycles. The summed E-state index contributed by atoms with van der Waals surface area (Å²) >= 11 is 1.34. The monoisotopic (exact) mass is 425 g/mol. The molecule has 0 bridgehead atoms. The first-order valence-electron chi connectivity index (χ1n) is 9.01. The number of hydrogen-bond donors (Lipinski definition) is 3. The number of carbonyl (C=O) groups is 2. The van der Waals surface area contributed by atoms with Crippen molar-refractivity contribution < 1.29 is 19.6 Å². The zero-order valence-corrected chi connectivity index (χ0v) is 16.8. The second kappa shape index (κ2) is 9.29. The van der Waals surface area contributed by atoms with E-state index in [-0.39, 0.29) is 12.2 Å². The highest BCUT2D eigenvalue weighted by molar-refractivity contribution is 7.12. The van der Waals surface area contributed by atoms with Crippen LogP contribution in [-0.4, -0.2) is 21.8 Å². The third kappa shape index (κ3) is 5.07. The third-order valence-electron chi connectivity index (χ3n) is 4.37. The van der Waals surface area contributed by atoms with Crippen molar-refractivity contribution in [3.8, 4) is 0 Å². The van der Waals surface area contributed by atoms with Gasteiger partial charge in [0.1, 0.15) is 6.10 Å². The first-order chi connectivity index (χ1) is 14.3. The number of non-ortho nitro benzene ring substituents is 1. The summed E-state index contributed by atoms with van der Waals surface area (Å²) in [6.45, 7) is 1.74. The number of carbonyl (C=O) groups excluding carboxylic acids is 2. The van der Waals surface area contributed by atoms with Gasteiger partial charge >= 0.3 is 11.8 Å². The molecule has 2 aromatic carbocycles. The first-order valence-corrected chi connectivity index (χ1v) is 9.82. The van der Waals surface area contributed by atoms with Crippen LogP contribution in [0.1, 0.15) is 27.0 Å². The van der Waals surface area contributed by atoms with Gasteiger partial charge in [0.25, 0.3) is 5.69 Å². The summed E-state index contributed by atoms with van der Waals surface area (Å²) in [5.41, 5.74) is 1.47. The van der Waals surface area contributed by atoms with Crippen LogP contribution in [0.15, 0.2) is 60.7 Å². The molecule has 0 spiro atoms. The average molecular weight is 425 g/mol. The summed E-state index contributed by atoms with van der Waals surface area (Å²) in [7, 11) is 0. The summed E-state index contributed by atoms with van der Waals surface area (Å²) in [6, 6.07) is 16.7. The van der Waals surface area contributed by atoms with Crippen molar-refractivity contribution in [3.63, 3.8) is 0 Å². The molecule has 1 heterocycles. The van der Waals surface area contributed by atoms with Crippen molar-refractivity contribution in [2.45, 2.75) is 19.6 Å². The number of thiophene rings is 1. The van der Waals surface area contributed by atoms with Crippen molar-refractivity contribution in [2.75, 3.05) is 5.32 Å². The highest BCUT2D eigenvalue weighted by Gasteiger charge is 2.17. The van der Waals surface area contributed by atoms with Gasteiger partial charge in [-0.15, -0.1) is 11.3 Å². The van der Waals surface area contributed by atoms with E-state index in [9.17, 15) is 24.8 Å². The second-order valence-electron chi connectivity index (χ2n) is 6.51. The number of anilines is 1. The van der Waals surface area contributed by atoms with Gasteiger partial charge in [-0.1, -0.05) is 30.3 Å². The number of nitro groups is 1. The van der Waals surface area contributed by atoms with Crippen LogP contribution in [0.25, 0.3) is 0 Å². The molecular weight excluding hydrogens is 406 g/mol. The van der Waals surface area contributed by atoms with Crippen LogP contribution in [0.4, 0.5) is 11.4 Å².